The second kappa shape index (κ2) is 7.30. The van der Waals surface area contributed by atoms with Gasteiger partial charge >= 0.3 is 0 Å². The minimum Gasteiger partial charge on any atom is -0.368 e. The van der Waals surface area contributed by atoms with E-state index in [4.69, 9.17) is 16.3 Å². The zero-order valence-electron chi connectivity index (χ0n) is 12.3. The van der Waals surface area contributed by atoms with E-state index in [-0.39, 0.29) is 19.0 Å². The average Bonchev–Trinajstić information content (AvgIpc) is 2.97. The third-order valence-corrected chi connectivity index (χ3v) is 4.86. The smallest absolute Gasteiger partial charge is 0.249 e. The Morgan fingerprint density at radius 2 is 2.18 bits per heavy atom. The lowest BCUT2D eigenvalue weighted by molar-refractivity contribution is -0.129. The normalized spacial score (nSPS) is 18.2. The number of rotatable bonds is 6. The molecule has 1 heterocycles. The monoisotopic (exact) mass is 346 g/mol. The molecule has 8 heteroatoms. The number of carbonyl (C=O) groups excluding carboxylic acids is 1. The highest BCUT2D eigenvalue weighted by Gasteiger charge is 2.24. The highest BCUT2D eigenvalue weighted by molar-refractivity contribution is 7.92. The highest BCUT2D eigenvalue weighted by atomic mass is 35.5. The average molecular weight is 347 g/mol. The summed E-state index contributed by atoms with van der Waals surface area (Å²) in [6.45, 7) is 0.894. The molecule has 0 spiro atoms. The van der Waals surface area contributed by atoms with Crippen LogP contribution in [-0.4, -0.2) is 46.4 Å². The van der Waals surface area contributed by atoms with Crippen molar-refractivity contribution in [3.05, 3.63) is 29.3 Å². The third-order valence-electron chi connectivity index (χ3n) is 3.36. The molecule has 0 radical (unpaired) electrons. The zero-order chi connectivity index (χ0) is 16.2. The van der Waals surface area contributed by atoms with E-state index in [0.29, 0.717) is 23.7 Å². The second-order valence-electron chi connectivity index (χ2n) is 5.08. The van der Waals surface area contributed by atoms with Gasteiger partial charge < -0.3 is 10.1 Å². The van der Waals surface area contributed by atoms with Crippen LogP contribution in [0.5, 0.6) is 0 Å². The fourth-order valence-electron chi connectivity index (χ4n) is 2.30. The lowest BCUT2D eigenvalue weighted by Crippen LogP contribution is -2.41. The molecule has 1 aromatic carbocycles. The van der Waals surface area contributed by atoms with E-state index in [2.05, 4.69) is 5.32 Å². The number of ether oxygens (including phenoxy) is 1. The van der Waals surface area contributed by atoms with Gasteiger partial charge in [-0.3, -0.25) is 9.10 Å². The molecule has 1 aliphatic rings. The first-order valence-electron chi connectivity index (χ1n) is 7.01. The van der Waals surface area contributed by atoms with Crippen LogP contribution in [0.15, 0.2) is 24.3 Å². The maximum atomic E-state index is 11.9. The van der Waals surface area contributed by atoms with E-state index in [9.17, 15) is 13.2 Å². The van der Waals surface area contributed by atoms with Crippen molar-refractivity contribution in [1.29, 1.82) is 0 Å². The molecule has 6 nitrogen and oxygen atoms in total. The number of carbonyl (C=O) groups is 1. The minimum absolute atomic E-state index is 0.112. The molecule has 1 fully saturated rings. The van der Waals surface area contributed by atoms with Crippen molar-refractivity contribution in [2.24, 2.45) is 0 Å². The molecule has 1 aliphatic heterocycles. The Balaban J connectivity index is 2.00. The Morgan fingerprint density at radius 3 is 2.77 bits per heavy atom. The molecule has 2 rings (SSSR count). The molecular formula is C14H19ClN2O4S. The number of anilines is 1. The number of hydrogen-bond acceptors (Lipinski definition) is 4. The van der Waals surface area contributed by atoms with Crippen molar-refractivity contribution in [2.45, 2.75) is 18.9 Å². The molecule has 0 bridgehead atoms. The summed E-state index contributed by atoms with van der Waals surface area (Å²) < 4.78 is 30.4. The first-order chi connectivity index (χ1) is 10.4. The number of amides is 1. The van der Waals surface area contributed by atoms with Gasteiger partial charge in [0.05, 0.1) is 23.5 Å². The van der Waals surface area contributed by atoms with Crippen molar-refractivity contribution in [3.8, 4) is 0 Å². The Kier molecular flexibility index (Phi) is 5.66. The molecule has 0 aromatic heterocycles. The van der Waals surface area contributed by atoms with E-state index in [0.717, 1.165) is 12.7 Å². The van der Waals surface area contributed by atoms with Crippen LogP contribution >= 0.6 is 11.6 Å². The van der Waals surface area contributed by atoms with Gasteiger partial charge in [0.2, 0.25) is 15.9 Å². The minimum atomic E-state index is -3.49. The van der Waals surface area contributed by atoms with Crippen LogP contribution in [-0.2, 0) is 19.6 Å². The molecule has 1 amide bonds. The maximum Gasteiger partial charge on any atom is 0.249 e. The second-order valence-corrected chi connectivity index (χ2v) is 7.39. The van der Waals surface area contributed by atoms with E-state index in [1.54, 1.807) is 24.3 Å². The highest BCUT2D eigenvalue weighted by Crippen LogP contribution is 2.26. The molecule has 1 saturated heterocycles. The largest absolute Gasteiger partial charge is 0.368 e. The van der Waals surface area contributed by atoms with Gasteiger partial charge in [-0.2, -0.15) is 0 Å². The van der Waals surface area contributed by atoms with Crippen molar-refractivity contribution in [2.75, 3.05) is 30.3 Å². The van der Waals surface area contributed by atoms with Crippen LogP contribution in [0, 0.1) is 0 Å². The van der Waals surface area contributed by atoms with Crippen molar-refractivity contribution in [3.63, 3.8) is 0 Å². The lowest BCUT2D eigenvalue weighted by Gasteiger charge is -2.23. The molecule has 122 valence electrons. The third kappa shape index (κ3) is 4.34. The summed E-state index contributed by atoms with van der Waals surface area (Å²) >= 11 is 6.06. The van der Waals surface area contributed by atoms with Gasteiger partial charge in [0, 0.05) is 13.2 Å². The predicted molar refractivity (Wildman–Crippen MR) is 85.6 cm³/mol. The van der Waals surface area contributed by atoms with Gasteiger partial charge in [0.1, 0.15) is 6.10 Å². The number of sulfonamides is 1. The summed E-state index contributed by atoms with van der Waals surface area (Å²) in [4.78, 5) is 11.8. The Labute approximate surface area is 135 Å². The predicted octanol–water partition coefficient (Wildman–Crippen LogP) is 1.40. The summed E-state index contributed by atoms with van der Waals surface area (Å²) in [5.74, 6) is -0.204. The SMILES string of the molecule is CS(=O)(=O)N(CCNC(=O)C1CCCO1)c1ccccc1Cl. The molecular weight excluding hydrogens is 328 g/mol. The number of benzene rings is 1. The first-order valence-corrected chi connectivity index (χ1v) is 9.24. The van der Waals surface area contributed by atoms with Crippen LogP contribution in [0.25, 0.3) is 0 Å². The van der Waals surface area contributed by atoms with E-state index in [1.165, 1.54) is 4.31 Å². The quantitative estimate of drug-likeness (QED) is 0.844. The van der Waals surface area contributed by atoms with Gasteiger partial charge in [0.15, 0.2) is 0 Å². The molecule has 1 N–H and O–H groups in total. The van der Waals surface area contributed by atoms with Crippen LogP contribution < -0.4 is 9.62 Å². The molecule has 0 saturated carbocycles. The summed E-state index contributed by atoms with van der Waals surface area (Å²) in [6.07, 6.45) is 2.25. The van der Waals surface area contributed by atoms with Crippen LogP contribution in [0.2, 0.25) is 5.02 Å². The van der Waals surface area contributed by atoms with Gasteiger partial charge in [0.25, 0.3) is 0 Å². The van der Waals surface area contributed by atoms with Crippen LogP contribution in [0.1, 0.15) is 12.8 Å². The van der Waals surface area contributed by atoms with Crippen molar-refractivity contribution in [1.82, 2.24) is 5.32 Å². The fraction of sp³-hybridized carbons (Fsp3) is 0.500. The number of nitrogens with one attached hydrogen (secondary N) is 1. The Bertz CT molecular complexity index is 629. The first kappa shape index (κ1) is 17.1. The summed E-state index contributed by atoms with van der Waals surface area (Å²) in [5, 5.41) is 3.05. The number of para-hydroxylation sites is 1. The van der Waals surface area contributed by atoms with Gasteiger partial charge in [-0.05, 0) is 25.0 Å². The molecule has 0 aliphatic carbocycles. The Morgan fingerprint density at radius 1 is 1.45 bits per heavy atom. The maximum absolute atomic E-state index is 11.9. The van der Waals surface area contributed by atoms with E-state index in [1.807, 2.05) is 0 Å². The number of halogens is 1. The van der Waals surface area contributed by atoms with E-state index < -0.39 is 16.1 Å². The fourth-order valence-corrected chi connectivity index (χ4v) is 3.53. The van der Waals surface area contributed by atoms with Crippen LogP contribution in [0.3, 0.4) is 0 Å². The molecule has 1 unspecified atom stereocenters. The number of nitrogens with zero attached hydrogens (tertiary/aromatic N) is 1. The summed E-state index contributed by atoms with van der Waals surface area (Å²) in [6, 6.07) is 6.70. The zero-order valence-corrected chi connectivity index (χ0v) is 13.9. The summed E-state index contributed by atoms with van der Waals surface area (Å²) in [5.41, 5.74) is 0.401. The molecule has 1 atom stereocenters. The standard InChI is InChI=1S/C14H19ClN2O4S/c1-22(19,20)17(12-6-3-2-5-11(12)15)9-8-16-14(18)13-7-4-10-21-13/h2-3,5-6,13H,4,7-10H2,1H3,(H,16,18). The number of hydrogen-bond donors (Lipinski definition) is 1. The molecule has 22 heavy (non-hydrogen) atoms. The molecule has 1 aromatic rings. The topological polar surface area (TPSA) is 75.7 Å². The summed E-state index contributed by atoms with van der Waals surface area (Å²) in [7, 11) is -3.49. The van der Waals surface area contributed by atoms with Gasteiger partial charge in [-0.15, -0.1) is 0 Å². The van der Waals surface area contributed by atoms with Crippen molar-refractivity contribution >= 4 is 33.2 Å². The van der Waals surface area contributed by atoms with E-state index >= 15 is 0 Å². The van der Waals surface area contributed by atoms with Gasteiger partial charge in [-0.1, -0.05) is 23.7 Å². The lowest BCUT2D eigenvalue weighted by atomic mass is 10.2. The van der Waals surface area contributed by atoms with Crippen LogP contribution in [0.4, 0.5) is 5.69 Å². The Hall–Kier alpha value is -1.31. The van der Waals surface area contributed by atoms with Crippen molar-refractivity contribution < 1.29 is 17.9 Å². The van der Waals surface area contributed by atoms with Gasteiger partial charge in [-0.25, -0.2) is 8.42 Å².